The van der Waals surface area contributed by atoms with Crippen molar-refractivity contribution >= 4 is 35.2 Å². The summed E-state index contributed by atoms with van der Waals surface area (Å²) in [7, 11) is 3.08. The monoisotopic (exact) mass is 903 g/mol. The van der Waals surface area contributed by atoms with Crippen LogP contribution in [-0.4, -0.2) is 59.4 Å². The molecule has 12 heteroatoms. The summed E-state index contributed by atoms with van der Waals surface area (Å²) < 4.78 is 10.6. The summed E-state index contributed by atoms with van der Waals surface area (Å²) in [6, 6.07) is 6.84. The summed E-state index contributed by atoms with van der Waals surface area (Å²) in [5.74, 6) is 1.51. The van der Waals surface area contributed by atoms with Gasteiger partial charge in [0.25, 0.3) is 11.8 Å². The molecule has 2 spiro atoms. The smallest absolute Gasteiger partial charge is 0.311 e. The van der Waals surface area contributed by atoms with Crippen LogP contribution in [0.25, 0.3) is 0 Å². The van der Waals surface area contributed by atoms with Crippen LogP contribution in [0.5, 0.6) is 0 Å². The molecule has 12 nitrogen and oxygen atoms in total. The number of nitrogens with zero attached hydrogens (tertiary/aromatic N) is 4. The Balaban J connectivity index is 0.000000166. The molecule has 2 N–H and O–H groups in total. The maximum absolute atomic E-state index is 12.9. The molecule has 66 heavy (non-hydrogen) atoms. The second kappa shape index (κ2) is 16.6. The van der Waals surface area contributed by atoms with Crippen molar-refractivity contribution in [3.05, 3.63) is 60.2 Å². The first-order valence-corrected chi connectivity index (χ1v) is 25.1. The lowest BCUT2D eigenvalue weighted by Crippen LogP contribution is -2.58. The summed E-state index contributed by atoms with van der Waals surface area (Å²) in [6.07, 6.45) is 26.1. The third kappa shape index (κ3) is 7.26. The molecule has 4 bridgehead atoms. The molecular weight excluding hydrogens is 829 g/mol. The Morgan fingerprint density at radius 3 is 1.26 bits per heavy atom. The predicted molar refractivity (Wildman–Crippen MR) is 253 cm³/mol. The number of hydrazone groups is 2. The molecule has 10 rings (SSSR count). The molecule has 0 saturated heterocycles. The van der Waals surface area contributed by atoms with E-state index in [1.807, 2.05) is 0 Å². The number of fused-ring (bicyclic) bond motifs is 6. The number of nitrogens with one attached hydrogen (secondary N) is 2. The lowest BCUT2D eigenvalue weighted by molar-refractivity contribution is -0.185. The normalized spacial score (nSPS) is 42.8. The van der Waals surface area contributed by atoms with Gasteiger partial charge in [-0.15, -0.1) is 0 Å². The lowest BCUT2D eigenvalue weighted by atomic mass is 9.40. The quantitative estimate of drug-likeness (QED) is 0.214. The van der Waals surface area contributed by atoms with Crippen LogP contribution in [0.15, 0.2) is 59.3 Å². The molecule has 8 aliphatic carbocycles. The fraction of sp³-hybridized carbons (Fsp3) is 0.704. The van der Waals surface area contributed by atoms with E-state index in [2.05, 4.69) is 62.4 Å². The topological polar surface area (TPSA) is 161 Å². The van der Waals surface area contributed by atoms with E-state index in [0.29, 0.717) is 34.8 Å². The van der Waals surface area contributed by atoms with E-state index >= 15 is 0 Å². The highest BCUT2D eigenvalue weighted by Crippen LogP contribution is 2.75. The van der Waals surface area contributed by atoms with Crippen LogP contribution in [0, 0.1) is 67.0 Å². The van der Waals surface area contributed by atoms with E-state index < -0.39 is 0 Å². The molecule has 0 radical (unpaired) electrons. The molecule has 12 atom stereocenters. The fourth-order valence-electron chi connectivity index (χ4n) is 17.7. The second-order valence-electron chi connectivity index (χ2n) is 23.9. The van der Waals surface area contributed by atoms with Crippen LogP contribution in [0.1, 0.15) is 178 Å². The first kappa shape index (κ1) is 46.6. The zero-order chi connectivity index (χ0) is 47.0. The van der Waals surface area contributed by atoms with Crippen LogP contribution in [0.3, 0.4) is 0 Å². The predicted octanol–water partition coefficient (Wildman–Crippen LogP) is 10.3. The van der Waals surface area contributed by atoms with Gasteiger partial charge in [0.1, 0.15) is 0 Å². The number of hydrogen-bond acceptors (Lipinski definition) is 10. The SMILES string of the molecule is COC(=O)[C@]1(C)CCC[C@@]2(C)[C@@H]3CC[C@@]4(C)C[C@]3(CC[C@@H]21)C/C4=N\NC(=O)c1ccncc1.COC(=O)[C@]1(C)CCC[C@@]2(C)[C@@H]3CC[C@@]4(C)C[C@]3(CC[C@@H]21)C/C4=N\NC(=O)c1ccncc1. The number of hydrogen-bond donors (Lipinski definition) is 2. The Labute approximate surface area is 392 Å². The van der Waals surface area contributed by atoms with Gasteiger partial charge in [0.05, 0.1) is 25.0 Å². The summed E-state index contributed by atoms with van der Waals surface area (Å²) >= 11 is 0. The third-order valence-corrected chi connectivity index (χ3v) is 20.5. The number of rotatable bonds is 6. The number of ether oxygens (including phenoxy) is 2. The van der Waals surface area contributed by atoms with Gasteiger partial charge in [0.15, 0.2) is 0 Å². The zero-order valence-electron chi connectivity index (χ0n) is 40.9. The standard InChI is InChI=1S/2C27H37N3O3/c2*1-24-12-6-20-25(2)10-5-11-26(3,23(32)33-4)19(25)7-13-27(20,17-24)16-21(24)29-30-22(31)18-8-14-28-15-9-18/h2*8-9,14-15,19-20H,5-7,10-13,16-17H2,1-4H3,(H,30,31)/b2*29-21+/t2*19-,20-,24-,25+,26+,27-/m00/s1. The second-order valence-corrected chi connectivity index (χ2v) is 23.9. The number of esters is 2. The number of carbonyl (C=O) groups excluding carboxylic acids is 4. The third-order valence-electron chi connectivity index (χ3n) is 20.5. The molecule has 2 aromatic heterocycles. The van der Waals surface area contributed by atoms with Crippen LogP contribution in [-0.2, 0) is 19.1 Å². The number of carbonyl (C=O) groups is 4. The van der Waals surface area contributed by atoms with Crippen LogP contribution in [0.2, 0.25) is 0 Å². The van der Waals surface area contributed by atoms with Gasteiger partial charge < -0.3 is 9.47 Å². The lowest BCUT2D eigenvalue weighted by Gasteiger charge is -2.64. The minimum absolute atomic E-state index is 0.0254. The highest BCUT2D eigenvalue weighted by atomic mass is 16.5. The Kier molecular flexibility index (Phi) is 11.8. The van der Waals surface area contributed by atoms with E-state index in [0.717, 1.165) is 101 Å². The van der Waals surface area contributed by atoms with Gasteiger partial charge in [-0.25, -0.2) is 10.9 Å². The molecular formula is C54H74N6O6. The molecule has 0 aromatic carbocycles. The Morgan fingerprint density at radius 2 is 0.894 bits per heavy atom. The van der Waals surface area contributed by atoms with Gasteiger partial charge in [-0.05, 0) is 186 Å². The van der Waals surface area contributed by atoms with Crippen LogP contribution >= 0.6 is 0 Å². The maximum Gasteiger partial charge on any atom is 0.311 e. The van der Waals surface area contributed by atoms with Crippen molar-refractivity contribution in [2.24, 2.45) is 77.2 Å². The fourth-order valence-corrected chi connectivity index (χ4v) is 17.7. The molecule has 2 heterocycles. The minimum Gasteiger partial charge on any atom is -0.469 e. The molecule has 8 fully saturated rings. The molecule has 2 amide bonds. The number of pyridine rings is 2. The first-order chi connectivity index (χ1) is 31.3. The van der Waals surface area contributed by atoms with E-state index in [4.69, 9.17) is 19.7 Å². The minimum atomic E-state index is -0.377. The molecule has 8 saturated carbocycles. The van der Waals surface area contributed by atoms with E-state index in [9.17, 15) is 19.2 Å². The maximum atomic E-state index is 12.9. The largest absolute Gasteiger partial charge is 0.469 e. The summed E-state index contributed by atoms with van der Waals surface area (Å²) in [4.78, 5) is 58.9. The Hall–Kier alpha value is -4.48. The average molecular weight is 903 g/mol. The van der Waals surface area contributed by atoms with Gasteiger partial charge in [-0.3, -0.25) is 29.1 Å². The zero-order valence-corrected chi connectivity index (χ0v) is 40.9. The van der Waals surface area contributed by atoms with Gasteiger partial charge >= 0.3 is 11.9 Å². The Bertz CT molecular complexity index is 2150. The highest BCUT2D eigenvalue weighted by Gasteiger charge is 2.69. The summed E-state index contributed by atoms with van der Waals surface area (Å²) in [5, 5.41) is 9.44. The van der Waals surface area contributed by atoms with Crippen molar-refractivity contribution < 1.29 is 28.7 Å². The average Bonchev–Trinajstić information content (AvgIpc) is 3.65. The van der Waals surface area contributed by atoms with Crippen molar-refractivity contribution in [3.63, 3.8) is 0 Å². The summed E-state index contributed by atoms with van der Waals surface area (Å²) in [5.41, 5.74) is 9.22. The van der Waals surface area contributed by atoms with Gasteiger partial charge in [-0.2, -0.15) is 10.2 Å². The van der Waals surface area contributed by atoms with Crippen LogP contribution < -0.4 is 10.9 Å². The molecule has 0 unspecified atom stereocenters. The molecule has 2 aromatic rings. The number of aromatic nitrogens is 2. The van der Waals surface area contributed by atoms with Crippen molar-refractivity contribution in [2.75, 3.05) is 14.2 Å². The van der Waals surface area contributed by atoms with E-state index in [1.54, 1.807) is 49.1 Å². The molecule has 8 aliphatic rings. The van der Waals surface area contributed by atoms with Crippen molar-refractivity contribution in [1.29, 1.82) is 0 Å². The van der Waals surface area contributed by atoms with Crippen molar-refractivity contribution in [2.45, 2.75) is 157 Å². The number of methoxy groups -OCH3 is 2. The van der Waals surface area contributed by atoms with Gasteiger partial charge in [-0.1, -0.05) is 40.5 Å². The summed E-state index contributed by atoms with van der Waals surface area (Å²) in [6.45, 7) is 13.9. The number of amides is 2. The Morgan fingerprint density at radius 1 is 0.530 bits per heavy atom. The van der Waals surface area contributed by atoms with E-state index in [1.165, 1.54) is 39.9 Å². The van der Waals surface area contributed by atoms with Gasteiger partial charge in [0.2, 0.25) is 0 Å². The van der Waals surface area contributed by atoms with Crippen molar-refractivity contribution in [1.82, 2.24) is 20.8 Å². The van der Waals surface area contributed by atoms with Crippen LogP contribution in [0.4, 0.5) is 0 Å². The highest BCUT2D eigenvalue weighted by molar-refractivity contribution is 5.98. The van der Waals surface area contributed by atoms with Gasteiger partial charge in [0, 0.05) is 58.2 Å². The van der Waals surface area contributed by atoms with E-state index in [-0.39, 0.29) is 67.1 Å². The van der Waals surface area contributed by atoms with Crippen molar-refractivity contribution in [3.8, 4) is 0 Å². The first-order valence-electron chi connectivity index (χ1n) is 25.1. The molecule has 0 aliphatic heterocycles. The molecule has 356 valence electrons.